The molecule has 8 heteroatoms. The summed E-state index contributed by atoms with van der Waals surface area (Å²) in [6.07, 6.45) is 0. The normalized spacial score (nSPS) is 14.6. The molecule has 0 heterocycles. The maximum absolute atomic E-state index is 12.2. The number of nitrogens with two attached hydrogens (primary N) is 1. The first-order valence-electron chi connectivity index (χ1n) is 5.32. The van der Waals surface area contributed by atoms with Crippen molar-refractivity contribution in [3.63, 3.8) is 0 Å². The highest BCUT2D eigenvalue weighted by atomic mass is 35.5. The highest BCUT2D eigenvalue weighted by molar-refractivity contribution is 7.54. The van der Waals surface area contributed by atoms with E-state index in [4.69, 9.17) is 14.8 Å². The maximum atomic E-state index is 12.2. The highest BCUT2D eigenvalue weighted by Crippen LogP contribution is 2.51. The van der Waals surface area contributed by atoms with Gasteiger partial charge in [-0.1, -0.05) is 0 Å². The smallest absolute Gasteiger partial charge is 0.341 e. The van der Waals surface area contributed by atoms with Crippen molar-refractivity contribution in [2.75, 3.05) is 13.2 Å². The molecule has 0 fully saturated rings. The molecule has 0 spiro atoms. The third kappa shape index (κ3) is 6.38. The number of rotatable bonds is 7. The van der Waals surface area contributed by atoms with Gasteiger partial charge in [-0.05, 0) is 27.7 Å². The third-order valence-corrected chi connectivity index (χ3v) is 4.17. The van der Waals surface area contributed by atoms with Crippen LogP contribution >= 0.6 is 20.0 Å². The van der Waals surface area contributed by atoms with Crippen molar-refractivity contribution in [2.45, 2.75) is 39.5 Å². The van der Waals surface area contributed by atoms with E-state index in [0.29, 0.717) is 0 Å². The van der Waals surface area contributed by atoms with Gasteiger partial charge in [0.1, 0.15) is 5.78 Å². The van der Waals surface area contributed by atoms with E-state index in [0.717, 1.165) is 0 Å². The molecule has 1 amide bonds. The Morgan fingerprint density at radius 1 is 1.29 bits per heavy atom. The second-order valence-electron chi connectivity index (χ2n) is 3.35. The van der Waals surface area contributed by atoms with Crippen molar-refractivity contribution in [1.82, 2.24) is 5.32 Å². The van der Waals surface area contributed by atoms with Crippen molar-refractivity contribution >= 4 is 25.9 Å². The van der Waals surface area contributed by atoms with E-state index in [-0.39, 0.29) is 31.5 Å². The minimum atomic E-state index is -3.29. The summed E-state index contributed by atoms with van der Waals surface area (Å²) < 4.78 is 22.4. The lowest BCUT2D eigenvalue weighted by molar-refractivity contribution is -0.122. The van der Waals surface area contributed by atoms with E-state index in [1.165, 1.54) is 0 Å². The number of hydrogen-bond acceptors (Lipinski definition) is 5. The number of amides is 1. The molecule has 0 aliphatic carbocycles. The molecule has 0 saturated heterocycles. The fourth-order valence-corrected chi connectivity index (χ4v) is 2.56. The number of nitrogens with one attached hydrogen (secondary N) is 1. The Morgan fingerprint density at radius 2 is 1.71 bits per heavy atom. The van der Waals surface area contributed by atoms with Gasteiger partial charge in [0.15, 0.2) is 0 Å². The van der Waals surface area contributed by atoms with Crippen LogP contribution < -0.4 is 11.1 Å². The predicted octanol–water partition coefficient (Wildman–Crippen LogP) is 1.48. The van der Waals surface area contributed by atoms with Crippen LogP contribution in [0, 0.1) is 0 Å². The first kappa shape index (κ1) is 19.2. The fraction of sp³-hybridized carbons (Fsp3) is 0.889. The molecule has 0 radical (unpaired) electrons. The van der Waals surface area contributed by atoms with Crippen LogP contribution in [0.25, 0.3) is 0 Å². The molecule has 2 atom stereocenters. The Bertz CT molecular complexity index is 266. The average Bonchev–Trinajstić information content (AvgIpc) is 2.18. The zero-order valence-corrected chi connectivity index (χ0v) is 12.3. The molecule has 0 rings (SSSR count). The molecule has 0 aromatic rings. The zero-order valence-electron chi connectivity index (χ0n) is 10.6. The summed E-state index contributed by atoms with van der Waals surface area (Å²) >= 11 is 0. The van der Waals surface area contributed by atoms with Gasteiger partial charge < -0.3 is 20.1 Å². The van der Waals surface area contributed by atoms with Crippen LogP contribution in [0.2, 0.25) is 0 Å². The van der Waals surface area contributed by atoms with Crippen molar-refractivity contribution < 1.29 is 18.4 Å². The second kappa shape index (κ2) is 8.89. The number of carbonyl (C=O) groups is 1. The molecule has 0 saturated carbocycles. The van der Waals surface area contributed by atoms with Crippen LogP contribution in [0.1, 0.15) is 27.7 Å². The summed E-state index contributed by atoms with van der Waals surface area (Å²) in [5.41, 5.74) is 5.39. The summed E-state index contributed by atoms with van der Waals surface area (Å²) in [4.78, 5) is 11.3. The summed E-state index contributed by atoms with van der Waals surface area (Å²) in [6.45, 7) is 7.07. The predicted molar refractivity (Wildman–Crippen MR) is 69.4 cm³/mol. The SMILES string of the molecule is CCOP(=O)(OCC)[C@H](C)NC(=O)C(C)N.Cl. The van der Waals surface area contributed by atoms with E-state index >= 15 is 0 Å². The molecule has 0 aliphatic heterocycles. The average molecular weight is 289 g/mol. The lowest BCUT2D eigenvalue weighted by Gasteiger charge is -2.24. The lowest BCUT2D eigenvalue weighted by Crippen LogP contribution is -2.43. The minimum Gasteiger partial charge on any atom is -0.341 e. The number of halogens is 1. The van der Waals surface area contributed by atoms with Gasteiger partial charge in [-0.25, -0.2) is 0 Å². The van der Waals surface area contributed by atoms with Gasteiger partial charge in [-0.3, -0.25) is 9.36 Å². The summed E-state index contributed by atoms with van der Waals surface area (Å²) in [6, 6.07) is -0.654. The molecule has 6 nitrogen and oxygen atoms in total. The molecular weight excluding hydrogens is 267 g/mol. The molecule has 0 aliphatic rings. The minimum absolute atomic E-state index is 0. The lowest BCUT2D eigenvalue weighted by atomic mass is 10.3. The van der Waals surface area contributed by atoms with E-state index in [1.807, 2.05) is 0 Å². The van der Waals surface area contributed by atoms with E-state index in [2.05, 4.69) is 5.32 Å². The van der Waals surface area contributed by atoms with Crippen molar-refractivity contribution in [2.24, 2.45) is 5.73 Å². The van der Waals surface area contributed by atoms with Gasteiger partial charge in [0, 0.05) is 0 Å². The molecule has 0 aromatic carbocycles. The first-order valence-corrected chi connectivity index (χ1v) is 6.93. The van der Waals surface area contributed by atoms with Crippen LogP contribution in [0.4, 0.5) is 0 Å². The molecule has 0 bridgehead atoms. The highest BCUT2D eigenvalue weighted by Gasteiger charge is 2.33. The molecular formula is C9H22ClN2O4P. The van der Waals surface area contributed by atoms with Crippen LogP contribution in [-0.4, -0.2) is 30.9 Å². The van der Waals surface area contributed by atoms with Gasteiger partial charge in [0.25, 0.3) is 0 Å². The Kier molecular flexibility index (Phi) is 10.0. The van der Waals surface area contributed by atoms with E-state index in [9.17, 15) is 9.36 Å². The van der Waals surface area contributed by atoms with Crippen LogP contribution in [-0.2, 0) is 18.4 Å². The standard InChI is InChI=1S/C9H21N2O4P.ClH/c1-5-14-16(13,15-6-2)8(4)11-9(12)7(3)10;/h7-8H,5-6,10H2,1-4H3,(H,11,12);1H/t7?,8-;/m1./s1. The number of hydrogen-bond donors (Lipinski definition) is 2. The Balaban J connectivity index is 0. The summed E-state index contributed by atoms with van der Waals surface area (Å²) in [7, 11) is -3.29. The van der Waals surface area contributed by atoms with Crippen molar-refractivity contribution in [1.29, 1.82) is 0 Å². The largest absolute Gasteiger partial charge is 0.352 e. The van der Waals surface area contributed by atoms with E-state index in [1.54, 1.807) is 27.7 Å². The maximum Gasteiger partial charge on any atom is 0.352 e. The topological polar surface area (TPSA) is 90.6 Å². The van der Waals surface area contributed by atoms with Crippen LogP contribution in [0.15, 0.2) is 0 Å². The summed E-state index contributed by atoms with van der Waals surface area (Å²) in [5.74, 6) is -1.09. The molecule has 1 unspecified atom stereocenters. The fourth-order valence-electron chi connectivity index (χ4n) is 1.04. The molecule has 0 aromatic heterocycles. The molecule has 104 valence electrons. The van der Waals surface area contributed by atoms with Gasteiger partial charge in [-0.2, -0.15) is 0 Å². The Labute approximate surface area is 109 Å². The third-order valence-electron chi connectivity index (χ3n) is 1.86. The monoisotopic (exact) mass is 288 g/mol. The van der Waals surface area contributed by atoms with Crippen molar-refractivity contribution in [3.05, 3.63) is 0 Å². The first-order chi connectivity index (χ1) is 7.37. The van der Waals surface area contributed by atoms with Crippen LogP contribution in [0.3, 0.4) is 0 Å². The van der Waals surface area contributed by atoms with Crippen LogP contribution in [0.5, 0.6) is 0 Å². The Morgan fingerprint density at radius 3 is 2.00 bits per heavy atom. The van der Waals surface area contributed by atoms with Gasteiger partial charge in [0.2, 0.25) is 5.91 Å². The second-order valence-corrected chi connectivity index (χ2v) is 5.72. The van der Waals surface area contributed by atoms with E-state index < -0.39 is 19.4 Å². The molecule has 17 heavy (non-hydrogen) atoms. The van der Waals surface area contributed by atoms with Gasteiger partial charge in [0.05, 0.1) is 19.3 Å². The number of carbonyl (C=O) groups excluding carboxylic acids is 1. The molecule has 3 N–H and O–H groups in total. The zero-order chi connectivity index (χ0) is 12.8. The van der Waals surface area contributed by atoms with Crippen molar-refractivity contribution in [3.8, 4) is 0 Å². The van der Waals surface area contributed by atoms with Gasteiger partial charge >= 0.3 is 7.60 Å². The summed E-state index contributed by atoms with van der Waals surface area (Å²) in [5, 5.41) is 2.51. The Hall–Kier alpha value is -0.130. The van der Waals surface area contributed by atoms with Gasteiger partial charge in [-0.15, -0.1) is 12.4 Å². The quantitative estimate of drug-likeness (QED) is 0.693.